The number of hydrogen-bond acceptors (Lipinski definition) is 5. The highest BCUT2D eigenvalue weighted by atomic mass is 32.1. The number of benzene rings is 2. The lowest BCUT2D eigenvalue weighted by Gasteiger charge is -2.16. The summed E-state index contributed by atoms with van der Waals surface area (Å²) in [6, 6.07) is 16.0. The molecule has 0 radical (unpaired) electrons. The van der Waals surface area contributed by atoms with Gasteiger partial charge in [-0.05, 0) is 41.7 Å². The maximum atomic E-state index is 12.4. The van der Waals surface area contributed by atoms with Crippen LogP contribution < -0.4 is 10.6 Å². The van der Waals surface area contributed by atoms with E-state index in [-0.39, 0.29) is 11.9 Å². The summed E-state index contributed by atoms with van der Waals surface area (Å²) in [6.45, 7) is 5.36. The highest BCUT2D eigenvalue weighted by Gasteiger charge is 2.23. The van der Waals surface area contributed by atoms with E-state index in [4.69, 9.17) is 9.73 Å². The molecule has 1 atom stereocenters. The van der Waals surface area contributed by atoms with Crippen molar-refractivity contribution in [3.05, 3.63) is 70.9 Å². The number of carbonyl (C=O) groups excluding carboxylic acids is 1. The molecule has 2 N–H and O–H groups in total. The SMILES string of the molecule is CC(C)CC(COCc1ccccc1)N=C1NC(=O)/C(=C/c2ccc3ncsc3c2)N1. The van der Waals surface area contributed by atoms with Crippen LogP contribution in [0.4, 0.5) is 0 Å². The molecule has 31 heavy (non-hydrogen) atoms. The largest absolute Gasteiger partial charge is 0.375 e. The number of amides is 1. The van der Waals surface area contributed by atoms with Gasteiger partial charge in [-0.1, -0.05) is 50.2 Å². The summed E-state index contributed by atoms with van der Waals surface area (Å²) in [6.07, 6.45) is 2.71. The average Bonchev–Trinajstić information content (AvgIpc) is 3.34. The van der Waals surface area contributed by atoms with E-state index in [0.717, 1.165) is 27.8 Å². The quantitative estimate of drug-likeness (QED) is 0.517. The lowest BCUT2D eigenvalue weighted by Crippen LogP contribution is -2.29. The number of carbonyl (C=O) groups is 1. The molecular weight excluding hydrogens is 408 g/mol. The number of aromatic nitrogens is 1. The maximum absolute atomic E-state index is 12.4. The van der Waals surface area contributed by atoms with E-state index < -0.39 is 0 Å². The van der Waals surface area contributed by atoms with E-state index in [9.17, 15) is 4.79 Å². The number of nitrogens with zero attached hydrogens (tertiary/aromatic N) is 2. The van der Waals surface area contributed by atoms with Gasteiger partial charge in [0.25, 0.3) is 5.91 Å². The minimum Gasteiger partial charge on any atom is -0.375 e. The van der Waals surface area contributed by atoms with Crippen molar-refractivity contribution in [1.82, 2.24) is 15.6 Å². The molecule has 6 nitrogen and oxygen atoms in total. The third-order valence-electron chi connectivity index (χ3n) is 4.87. The van der Waals surface area contributed by atoms with Crippen LogP contribution in [0.2, 0.25) is 0 Å². The van der Waals surface area contributed by atoms with E-state index >= 15 is 0 Å². The number of thiazole rings is 1. The molecule has 0 saturated carbocycles. The molecule has 4 rings (SSSR count). The summed E-state index contributed by atoms with van der Waals surface area (Å²) in [7, 11) is 0. The van der Waals surface area contributed by atoms with Gasteiger partial charge in [-0.25, -0.2) is 9.98 Å². The van der Waals surface area contributed by atoms with Crippen molar-refractivity contribution in [2.45, 2.75) is 32.9 Å². The van der Waals surface area contributed by atoms with E-state index in [1.807, 2.05) is 60.1 Å². The van der Waals surface area contributed by atoms with Gasteiger partial charge >= 0.3 is 0 Å². The second kappa shape index (κ2) is 9.85. The zero-order valence-electron chi connectivity index (χ0n) is 17.7. The van der Waals surface area contributed by atoms with Gasteiger partial charge < -0.3 is 10.1 Å². The Morgan fingerprint density at radius 2 is 2.00 bits per heavy atom. The molecule has 0 aliphatic carbocycles. The van der Waals surface area contributed by atoms with Crippen molar-refractivity contribution in [3.63, 3.8) is 0 Å². The van der Waals surface area contributed by atoms with Crippen molar-refractivity contribution >= 4 is 39.5 Å². The molecule has 160 valence electrons. The number of fused-ring (bicyclic) bond motifs is 1. The minimum absolute atomic E-state index is 0.0422. The zero-order valence-corrected chi connectivity index (χ0v) is 18.5. The van der Waals surface area contributed by atoms with Gasteiger partial charge in [-0.3, -0.25) is 10.1 Å². The first-order chi connectivity index (χ1) is 15.1. The van der Waals surface area contributed by atoms with Gasteiger partial charge in [-0.15, -0.1) is 11.3 Å². The van der Waals surface area contributed by atoms with Crippen molar-refractivity contribution in [3.8, 4) is 0 Å². The van der Waals surface area contributed by atoms with Gasteiger partial charge in [0.2, 0.25) is 5.96 Å². The molecule has 1 aromatic heterocycles. The molecule has 1 saturated heterocycles. The van der Waals surface area contributed by atoms with Gasteiger partial charge in [0.05, 0.1) is 35.0 Å². The number of rotatable bonds is 8. The summed E-state index contributed by atoms with van der Waals surface area (Å²) in [5.74, 6) is 0.758. The first-order valence-corrected chi connectivity index (χ1v) is 11.3. The second-order valence-corrected chi connectivity index (χ2v) is 8.86. The van der Waals surface area contributed by atoms with E-state index in [1.54, 1.807) is 11.3 Å². The average molecular weight is 435 g/mol. The van der Waals surface area contributed by atoms with Crippen LogP contribution in [0.3, 0.4) is 0 Å². The number of nitrogens with one attached hydrogen (secondary N) is 2. The Balaban J connectivity index is 1.43. The second-order valence-electron chi connectivity index (χ2n) is 7.98. The standard InChI is InChI=1S/C24H26N4O2S/c1-16(2)10-19(14-30-13-17-6-4-3-5-7-17)26-24-27-21(23(29)28-24)11-18-8-9-20-22(12-18)31-15-25-20/h3-9,11-12,15-16,19H,10,13-14H2,1-2H3,(H2,26,27,28,29)/b21-11-. The Kier molecular flexibility index (Phi) is 6.74. The van der Waals surface area contributed by atoms with Gasteiger partial charge in [0.15, 0.2) is 0 Å². The molecule has 1 fully saturated rings. The predicted molar refractivity (Wildman–Crippen MR) is 126 cm³/mol. The molecule has 1 unspecified atom stereocenters. The molecule has 1 aliphatic rings. The molecule has 7 heteroatoms. The van der Waals surface area contributed by atoms with Crippen LogP contribution >= 0.6 is 11.3 Å². The molecule has 0 bridgehead atoms. The summed E-state index contributed by atoms with van der Waals surface area (Å²) in [5.41, 5.74) is 5.34. The maximum Gasteiger partial charge on any atom is 0.274 e. The van der Waals surface area contributed by atoms with E-state index in [1.165, 1.54) is 0 Å². The topological polar surface area (TPSA) is 75.6 Å². The van der Waals surface area contributed by atoms with Gasteiger partial charge in [0, 0.05) is 0 Å². The minimum atomic E-state index is -0.184. The fourth-order valence-electron chi connectivity index (χ4n) is 3.46. The molecule has 2 aromatic carbocycles. The number of ether oxygens (including phenoxy) is 1. The smallest absolute Gasteiger partial charge is 0.274 e. The summed E-state index contributed by atoms with van der Waals surface area (Å²) >= 11 is 1.58. The summed E-state index contributed by atoms with van der Waals surface area (Å²) < 4.78 is 7.00. The lowest BCUT2D eigenvalue weighted by molar-refractivity contribution is -0.115. The molecule has 2 heterocycles. The van der Waals surface area contributed by atoms with Crippen LogP contribution in [-0.4, -0.2) is 29.5 Å². The van der Waals surface area contributed by atoms with Crippen LogP contribution in [0.1, 0.15) is 31.4 Å². The molecule has 3 aromatic rings. The fraction of sp³-hybridized carbons (Fsp3) is 0.292. The third kappa shape index (κ3) is 5.77. The highest BCUT2D eigenvalue weighted by molar-refractivity contribution is 7.16. The number of guanidine groups is 1. The van der Waals surface area contributed by atoms with Crippen molar-refractivity contribution in [1.29, 1.82) is 0 Å². The van der Waals surface area contributed by atoms with E-state index in [0.29, 0.717) is 30.8 Å². The molecule has 1 amide bonds. The fourth-order valence-corrected chi connectivity index (χ4v) is 4.18. The van der Waals surface area contributed by atoms with Gasteiger partial charge in [0.1, 0.15) is 5.70 Å². The van der Waals surface area contributed by atoms with Crippen LogP contribution in [-0.2, 0) is 16.1 Å². The third-order valence-corrected chi connectivity index (χ3v) is 5.66. The van der Waals surface area contributed by atoms with Crippen LogP contribution in [0, 0.1) is 5.92 Å². The number of hydrogen-bond donors (Lipinski definition) is 2. The molecule has 0 spiro atoms. The zero-order chi connectivity index (χ0) is 21.6. The monoisotopic (exact) mass is 434 g/mol. The lowest BCUT2D eigenvalue weighted by atomic mass is 10.1. The first kappa shape index (κ1) is 21.2. The van der Waals surface area contributed by atoms with E-state index in [2.05, 4.69) is 29.5 Å². The first-order valence-electron chi connectivity index (χ1n) is 10.4. The predicted octanol–water partition coefficient (Wildman–Crippen LogP) is 4.34. The summed E-state index contributed by atoms with van der Waals surface area (Å²) in [5, 5.41) is 5.96. The Labute approximate surface area is 186 Å². The van der Waals surface area contributed by atoms with Crippen LogP contribution in [0.25, 0.3) is 16.3 Å². The van der Waals surface area contributed by atoms with Crippen molar-refractivity contribution in [2.24, 2.45) is 10.9 Å². The van der Waals surface area contributed by atoms with Crippen LogP contribution in [0.5, 0.6) is 0 Å². The molecular formula is C24H26N4O2S. The summed E-state index contributed by atoms with van der Waals surface area (Å²) in [4.78, 5) is 21.5. The Bertz CT molecular complexity index is 1100. The van der Waals surface area contributed by atoms with Gasteiger partial charge in [-0.2, -0.15) is 0 Å². The van der Waals surface area contributed by atoms with Crippen molar-refractivity contribution < 1.29 is 9.53 Å². The number of aliphatic imine (C=N–C) groups is 1. The Morgan fingerprint density at radius 3 is 2.81 bits per heavy atom. The van der Waals surface area contributed by atoms with Crippen molar-refractivity contribution in [2.75, 3.05) is 6.61 Å². The Morgan fingerprint density at radius 1 is 1.16 bits per heavy atom. The highest BCUT2D eigenvalue weighted by Crippen LogP contribution is 2.21. The Hall–Kier alpha value is -3.03. The van der Waals surface area contributed by atoms with Crippen LogP contribution in [0.15, 0.2) is 64.7 Å². The molecule has 1 aliphatic heterocycles. The normalized spacial score (nSPS) is 17.5.